The Balaban J connectivity index is 2.71. The van der Waals surface area contributed by atoms with Crippen LogP contribution in [0.1, 0.15) is 57.1 Å². The molecule has 0 aliphatic rings. The fourth-order valence-corrected chi connectivity index (χ4v) is 2.09. The molecule has 0 saturated heterocycles. The van der Waals surface area contributed by atoms with Gasteiger partial charge >= 0.3 is 0 Å². The lowest BCUT2D eigenvalue weighted by molar-refractivity contribution is 0.716. The minimum atomic E-state index is 1.12. The molecular weight excluding hydrogens is 192 g/mol. The van der Waals surface area contributed by atoms with E-state index in [4.69, 9.17) is 0 Å². The third-order valence-corrected chi connectivity index (χ3v) is 3.00. The summed E-state index contributed by atoms with van der Waals surface area (Å²) in [5.74, 6) is 0. The first-order valence-electron chi connectivity index (χ1n) is 6.55. The molecule has 0 atom stereocenters. The minimum absolute atomic E-state index is 1.12. The minimum Gasteiger partial charge on any atom is -0.0952 e. The maximum atomic E-state index is 4.20. The number of rotatable bonds is 7. The second-order valence-electron chi connectivity index (χ2n) is 4.47. The van der Waals surface area contributed by atoms with Crippen LogP contribution in [0.3, 0.4) is 0 Å². The van der Waals surface area contributed by atoms with Gasteiger partial charge in [-0.05, 0) is 36.0 Å². The van der Waals surface area contributed by atoms with Crippen LogP contribution in [0.5, 0.6) is 0 Å². The molecule has 1 aromatic rings. The zero-order valence-corrected chi connectivity index (χ0v) is 10.8. The number of hydrogen-bond acceptors (Lipinski definition) is 0. The van der Waals surface area contributed by atoms with Crippen molar-refractivity contribution >= 4 is 5.57 Å². The molecule has 0 aliphatic carbocycles. The Kier molecular flexibility index (Phi) is 5.92. The van der Waals surface area contributed by atoms with Gasteiger partial charge in [0.25, 0.3) is 0 Å². The molecule has 0 aromatic heterocycles. The monoisotopic (exact) mass is 216 g/mol. The summed E-state index contributed by atoms with van der Waals surface area (Å²) in [6, 6.07) is 8.74. The van der Waals surface area contributed by atoms with Crippen molar-refractivity contribution in [3.05, 3.63) is 42.0 Å². The number of benzene rings is 1. The quantitative estimate of drug-likeness (QED) is 0.547. The summed E-state index contributed by atoms with van der Waals surface area (Å²) < 4.78 is 0. The third-order valence-electron chi connectivity index (χ3n) is 3.00. The smallest absolute Gasteiger partial charge is 0.0198 e. The van der Waals surface area contributed by atoms with E-state index in [2.05, 4.69) is 44.7 Å². The summed E-state index contributed by atoms with van der Waals surface area (Å²) in [6.45, 7) is 8.67. The van der Waals surface area contributed by atoms with Crippen LogP contribution in [0.2, 0.25) is 0 Å². The van der Waals surface area contributed by atoms with E-state index in [0.717, 1.165) is 6.42 Å². The number of hydrogen-bond donors (Lipinski definition) is 0. The van der Waals surface area contributed by atoms with Crippen LogP contribution in [0.25, 0.3) is 5.57 Å². The maximum Gasteiger partial charge on any atom is -0.0198 e. The van der Waals surface area contributed by atoms with Gasteiger partial charge in [-0.1, -0.05) is 64.0 Å². The molecule has 1 rings (SSSR count). The Labute approximate surface area is 100 Å². The molecule has 0 N–H and O–H groups in total. The van der Waals surface area contributed by atoms with E-state index in [1.54, 1.807) is 0 Å². The van der Waals surface area contributed by atoms with Crippen LogP contribution in [0.4, 0.5) is 0 Å². The van der Waals surface area contributed by atoms with E-state index in [9.17, 15) is 0 Å². The van der Waals surface area contributed by atoms with Crippen LogP contribution in [0, 0.1) is 0 Å². The summed E-state index contributed by atoms with van der Waals surface area (Å²) in [5, 5.41) is 0. The topological polar surface area (TPSA) is 0 Å². The number of aryl methyl sites for hydroxylation is 1. The van der Waals surface area contributed by atoms with Crippen molar-refractivity contribution < 1.29 is 0 Å². The molecule has 0 nitrogen and oxygen atoms in total. The maximum absolute atomic E-state index is 4.20. The molecule has 16 heavy (non-hydrogen) atoms. The zero-order chi connectivity index (χ0) is 11.8. The first kappa shape index (κ1) is 13.0. The van der Waals surface area contributed by atoms with Crippen molar-refractivity contribution in [3.8, 4) is 0 Å². The van der Waals surface area contributed by atoms with Crippen LogP contribution in [-0.4, -0.2) is 0 Å². The molecule has 0 spiro atoms. The standard InChI is InChI=1S/C16H24/c1-4-6-7-11-15-12-8-9-13-16(15)14(3)10-5-2/h8-9,12-13H,3-7,10-11H2,1-2H3. The lowest BCUT2D eigenvalue weighted by Crippen LogP contribution is -1.93. The Bertz CT molecular complexity index is 323. The number of allylic oxidation sites excluding steroid dienone is 1. The molecular formula is C16H24. The Morgan fingerprint density at radius 3 is 2.50 bits per heavy atom. The van der Waals surface area contributed by atoms with Crippen LogP contribution in [-0.2, 0) is 6.42 Å². The third kappa shape index (κ3) is 3.84. The van der Waals surface area contributed by atoms with E-state index in [1.807, 2.05) is 0 Å². The molecule has 0 heterocycles. The van der Waals surface area contributed by atoms with Crippen molar-refractivity contribution in [3.63, 3.8) is 0 Å². The summed E-state index contributed by atoms with van der Waals surface area (Å²) in [6.07, 6.45) is 7.42. The van der Waals surface area contributed by atoms with Gasteiger partial charge in [0, 0.05) is 0 Å². The van der Waals surface area contributed by atoms with Crippen LogP contribution < -0.4 is 0 Å². The first-order chi connectivity index (χ1) is 7.79. The highest BCUT2D eigenvalue weighted by Crippen LogP contribution is 2.23. The summed E-state index contributed by atoms with van der Waals surface area (Å²) in [5.41, 5.74) is 4.17. The number of unbranched alkanes of at least 4 members (excludes halogenated alkanes) is 2. The van der Waals surface area contributed by atoms with Gasteiger partial charge in [0.2, 0.25) is 0 Å². The molecule has 0 aliphatic heterocycles. The normalized spacial score (nSPS) is 10.4. The summed E-state index contributed by atoms with van der Waals surface area (Å²) in [7, 11) is 0. The lowest BCUT2D eigenvalue weighted by atomic mass is 9.94. The van der Waals surface area contributed by atoms with Crippen molar-refractivity contribution in [2.75, 3.05) is 0 Å². The van der Waals surface area contributed by atoms with E-state index in [0.29, 0.717) is 0 Å². The van der Waals surface area contributed by atoms with Crippen molar-refractivity contribution in [1.29, 1.82) is 0 Å². The SMILES string of the molecule is C=C(CCC)c1ccccc1CCCCC. The first-order valence-corrected chi connectivity index (χ1v) is 6.55. The molecule has 0 fully saturated rings. The van der Waals surface area contributed by atoms with Crippen molar-refractivity contribution in [2.45, 2.75) is 52.4 Å². The fraction of sp³-hybridized carbons (Fsp3) is 0.500. The van der Waals surface area contributed by atoms with Gasteiger partial charge in [0.1, 0.15) is 0 Å². The molecule has 0 saturated carbocycles. The fourth-order valence-electron chi connectivity index (χ4n) is 2.09. The van der Waals surface area contributed by atoms with E-state index in [1.165, 1.54) is 48.8 Å². The Hall–Kier alpha value is -1.04. The Morgan fingerprint density at radius 1 is 1.06 bits per heavy atom. The van der Waals surface area contributed by atoms with Crippen LogP contribution >= 0.6 is 0 Å². The highest BCUT2D eigenvalue weighted by molar-refractivity contribution is 5.66. The molecule has 1 aromatic carbocycles. The zero-order valence-electron chi connectivity index (χ0n) is 10.8. The van der Waals surface area contributed by atoms with E-state index >= 15 is 0 Å². The second-order valence-corrected chi connectivity index (χ2v) is 4.47. The highest BCUT2D eigenvalue weighted by Gasteiger charge is 2.04. The molecule has 0 bridgehead atoms. The van der Waals surface area contributed by atoms with Crippen molar-refractivity contribution in [1.82, 2.24) is 0 Å². The van der Waals surface area contributed by atoms with Crippen molar-refractivity contribution in [2.24, 2.45) is 0 Å². The van der Waals surface area contributed by atoms with Crippen LogP contribution in [0.15, 0.2) is 30.8 Å². The van der Waals surface area contributed by atoms with Gasteiger partial charge in [-0.2, -0.15) is 0 Å². The average molecular weight is 216 g/mol. The summed E-state index contributed by atoms with van der Waals surface area (Å²) >= 11 is 0. The van der Waals surface area contributed by atoms with Gasteiger partial charge in [-0.3, -0.25) is 0 Å². The molecule has 88 valence electrons. The Morgan fingerprint density at radius 2 is 1.81 bits per heavy atom. The molecule has 0 radical (unpaired) electrons. The largest absolute Gasteiger partial charge is 0.0952 e. The predicted molar refractivity (Wildman–Crippen MR) is 73.6 cm³/mol. The highest BCUT2D eigenvalue weighted by atomic mass is 14.1. The van der Waals surface area contributed by atoms with Gasteiger partial charge in [0.15, 0.2) is 0 Å². The average Bonchev–Trinajstić information content (AvgIpc) is 2.30. The van der Waals surface area contributed by atoms with Gasteiger partial charge in [0.05, 0.1) is 0 Å². The van der Waals surface area contributed by atoms with Gasteiger partial charge in [-0.15, -0.1) is 0 Å². The lowest BCUT2D eigenvalue weighted by Gasteiger charge is -2.11. The second kappa shape index (κ2) is 7.27. The predicted octanol–water partition coefficient (Wildman–Crippen LogP) is 5.23. The van der Waals surface area contributed by atoms with E-state index in [-0.39, 0.29) is 0 Å². The molecule has 0 amide bonds. The van der Waals surface area contributed by atoms with Gasteiger partial charge in [-0.25, -0.2) is 0 Å². The van der Waals surface area contributed by atoms with E-state index < -0.39 is 0 Å². The summed E-state index contributed by atoms with van der Waals surface area (Å²) in [4.78, 5) is 0. The molecule has 0 unspecified atom stereocenters. The molecule has 0 heteroatoms. The van der Waals surface area contributed by atoms with Gasteiger partial charge < -0.3 is 0 Å².